The van der Waals surface area contributed by atoms with E-state index in [1.54, 1.807) is 6.92 Å². The molecule has 2 aromatic rings. The van der Waals surface area contributed by atoms with Crippen LogP contribution >= 0.6 is 23.2 Å². The van der Waals surface area contributed by atoms with Gasteiger partial charge in [0.15, 0.2) is 6.61 Å². The Labute approximate surface area is 156 Å². The lowest BCUT2D eigenvalue weighted by Crippen LogP contribution is -2.24. The molecular weight excluding hydrogens is 361 g/mol. The van der Waals surface area contributed by atoms with Crippen LogP contribution in [0.5, 0.6) is 0 Å². The lowest BCUT2D eigenvalue weighted by molar-refractivity contribution is -0.148. The number of Topliss-reactive ketones (excluding diaryl/α,β-unsaturated/α-hetero) is 1. The topological polar surface area (TPSA) is 48.3 Å². The number of aryl methyl sites for hydroxylation is 1. The number of hydrogen-bond donors (Lipinski definition) is 0. The van der Waals surface area contributed by atoms with E-state index in [-0.39, 0.29) is 12.4 Å². The van der Waals surface area contributed by atoms with Crippen LogP contribution in [0.2, 0.25) is 0 Å². The zero-order chi connectivity index (χ0) is 18.4. The number of ketones is 1. The van der Waals surface area contributed by atoms with Gasteiger partial charge in [0.25, 0.3) is 0 Å². The first kappa shape index (κ1) is 18.0. The van der Waals surface area contributed by atoms with E-state index in [0.29, 0.717) is 12.0 Å². The van der Waals surface area contributed by atoms with Gasteiger partial charge in [-0.2, -0.15) is 0 Å². The highest BCUT2D eigenvalue weighted by Gasteiger charge is 2.69. The number of nitrogens with zero attached hydrogens (tertiary/aromatic N) is 1. The van der Waals surface area contributed by atoms with Gasteiger partial charge in [0.05, 0.1) is 0 Å². The van der Waals surface area contributed by atoms with Crippen molar-refractivity contribution in [3.8, 4) is 5.69 Å². The van der Waals surface area contributed by atoms with E-state index in [0.717, 1.165) is 17.1 Å². The van der Waals surface area contributed by atoms with Gasteiger partial charge in [0.1, 0.15) is 9.75 Å². The van der Waals surface area contributed by atoms with Crippen LogP contribution in [-0.4, -0.2) is 27.3 Å². The fourth-order valence-electron chi connectivity index (χ4n) is 3.01. The Morgan fingerprint density at radius 1 is 1.20 bits per heavy atom. The largest absolute Gasteiger partial charge is 0.457 e. The number of carbonyl (C=O) groups is 2. The summed E-state index contributed by atoms with van der Waals surface area (Å²) in [5.41, 5.74) is 2.34. The first-order valence-electron chi connectivity index (χ1n) is 8.00. The van der Waals surface area contributed by atoms with E-state index in [1.165, 1.54) is 0 Å². The van der Waals surface area contributed by atoms with Crippen LogP contribution in [0.1, 0.15) is 35.1 Å². The second-order valence-corrected chi connectivity index (χ2v) is 8.15. The number of ether oxygens (including phenoxy) is 1. The van der Waals surface area contributed by atoms with Crippen molar-refractivity contribution in [2.24, 2.45) is 5.41 Å². The lowest BCUT2D eigenvalue weighted by atomic mass is 10.1. The maximum atomic E-state index is 12.5. The summed E-state index contributed by atoms with van der Waals surface area (Å²) < 4.78 is 6.06. The Hall–Kier alpha value is -1.78. The SMILES string of the molecule is Cc1cc(C(=O)COC(=O)[C@]2(C)CC2(Cl)Cl)c(C)n1-c1ccccc1. The van der Waals surface area contributed by atoms with Crippen molar-refractivity contribution in [1.82, 2.24) is 4.57 Å². The van der Waals surface area contributed by atoms with Crippen LogP contribution in [0.15, 0.2) is 36.4 Å². The molecule has 0 radical (unpaired) electrons. The van der Waals surface area contributed by atoms with E-state index in [4.69, 9.17) is 27.9 Å². The molecule has 1 saturated carbocycles. The normalized spacial score (nSPS) is 21.0. The van der Waals surface area contributed by atoms with Gasteiger partial charge < -0.3 is 9.30 Å². The molecule has 0 spiro atoms. The van der Waals surface area contributed by atoms with Crippen molar-refractivity contribution >= 4 is 35.0 Å². The molecule has 1 aliphatic carbocycles. The standard InChI is InChI=1S/C19H19Cl2NO3/c1-12-9-15(13(2)22(12)14-7-5-4-6-8-14)16(23)10-25-17(24)18(3)11-19(18,20)21/h4-9H,10-11H2,1-3H3/t18-/m0/s1. The van der Waals surface area contributed by atoms with Gasteiger partial charge in [-0.15, -0.1) is 23.2 Å². The number of aromatic nitrogens is 1. The summed E-state index contributed by atoms with van der Waals surface area (Å²) in [6.07, 6.45) is 0.332. The molecule has 0 unspecified atom stereocenters. The predicted molar refractivity (Wildman–Crippen MR) is 97.7 cm³/mol. The van der Waals surface area contributed by atoms with Gasteiger partial charge in [0, 0.05) is 29.1 Å². The van der Waals surface area contributed by atoms with Gasteiger partial charge >= 0.3 is 5.97 Å². The van der Waals surface area contributed by atoms with Crippen molar-refractivity contribution in [3.63, 3.8) is 0 Å². The van der Waals surface area contributed by atoms with E-state index in [9.17, 15) is 9.59 Å². The summed E-state index contributed by atoms with van der Waals surface area (Å²) in [4.78, 5) is 24.6. The molecule has 1 atom stereocenters. The Bertz CT molecular complexity index is 842. The van der Waals surface area contributed by atoms with Crippen LogP contribution in [0.3, 0.4) is 0 Å². The van der Waals surface area contributed by atoms with Crippen LogP contribution in [0.25, 0.3) is 5.69 Å². The predicted octanol–water partition coefficient (Wildman–Crippen LogP) is 4.40. The van der Waals surface area contributed by atoms with Crippen molar-refractivity contribution in [3.05, 3.63) is 53.3 Å². The summed E-state index contributed by atoms with van der Waals surface area (Å²) in [5.74, 6) is -0.787. The summed E-state index contributed by atoms with van der Waals surface area (Å²) in [5, 5.41) is 0. The summed E-state index contributed by atoms with van der Waals surface area (Å²) in [6, 6.07) is 11.6. The highest BCUT2D eigenvalue weighted by molar-refractivity contribution is 6.53. The molecule has 1 aliphatic rings. The summed E-state index contributed by atoms with van der Waals surface area (Å²) in [6.45, 7) is 5.13. The maximum absolute atomic E-state index is 12.5. The number of hydrogen-bond acceptors (Lipinski definition) is 3. The number of alkyl halides is 2. The molecule has 1 heterocycles. The minimum atomic E-state index is -1.10. The second-order valence-electron chi connectivity index (χ2n) is 6.67. The smallest absolute Gasteiger partial charge is 0.315 e. The van der Waals surface area contributed by atoms with Crippen molar-refractivity contribution in [2.45, 2.75) is 31.5 Å². The second kappa shape index (κ2) is 6.19. The molecule has 1 fully saturated rings. The lowest BCUT2D eigenvalue weighted by Gasteiger charge is -2.12. The first-order chi connectivity index (χ1) is 11.7. The third kappa shape index (κ3) is 3.09. The van der Waals surface area contributed by atoms with Gasteiger partial charge in [-0.05, 0) is 39.0 Å². The first-order valence-corrected chi connectivity index (χ1v) is 8.75. The Morgan fingerprint density at radius 2 is 1.80 bits per heavy atom. The highest BCUT2D eigenvalue weighted by Crippen LogP contribution is 2.64. The molecule has 6 heteroatoms. The average molecular weight is 380 g/mol. The number of benzene rings is 1. The van der Waals surface area contributed by atoms with Gasteiger partial charge in [0.2, 0.25) is 5.78 Å². The number of rotatable bonds is 5. The minimum absolute atomic E-state index is 0.248. The van der Waals surface area contributed by atoms with Crippen LogP contribution in [0, 0.1) is 19.3 Å². The molecule has 0 bridgehead atoms. The fourth-order valence-corrected chi connectivity index (χ4v) is 3.70. The van der Waals surface area contributed by atoms with E-state index in [2.05, 4.69) is 0 Å². The van der Waals surface area contributed by atoms with Gasteiger partial charge in [-0.25, -0.2) is 0 Å². The van der Waals surface area contributed by atoms with Crippen molar-refractivity contribution in [2.75, 3.05) is 6.61 Å². The molecule has 1 aromatic carbocycles. The molecule has 25 heavy (non-hydrogen) atoms. The molecule has 0 amide bonds. The van der Waals surface area contributed by atoms with Crippen LogP contribution in [0.4, 0.5) is 0 Å². The Kier molecular flexibility index (Phi) is 4.46. The zero-order valence-corrected chi connectivity index (χ0v) is 15.8. The molecule has 0 saturated heterocycles. The summed E-state index contributed by atoms with van der Waals surface area (Å²) in [7, 11) is 0. The molecular formula is C19H19Cl2NO3. The molecule has 4 nitrogen and oxygen atoms in total. The fraction of sp³-hybridized carbons (Fsp3) is 0.368. The van der Waals surface area contributed by atoms with Crippen LogP contribution in [-0.2, 0) is 9.53 Å². The quantitative estimate of drug-likeness (QED) is 0.439. The molecule has 0 N–H and O–H groups in total. The zero-order valence-electron chi connectivity index (χ0n) is 14.3. The minimum Gasteiger partial charge on any atom is -0.457 e. The van der Waals surface area contributed by atoms with Crippen molar-refractivity contribution in [1.29, 1.82) is 0 Å². The average Bonchev–Trinajstić information content (AvgIpc) is 2.94. The Balaban J connectivity index is 1.75. The number of carbonyl (C=O) groups excluding carboxylic acids is 2. The third-order valence-electron chi connectivity index (χ3n) is 4.79. The van der Waals surface area contributed by atoms with Crippen LogP contribution < -0.4 is 0 Å². The highest BCUT2D eigenvalue weighted by atomic mass is 35.5. The van der Waals surface area contributed by atoms with E-state index >= 15 is 0 Å². The third-order valence-corrected chi connectivity index (χ3v) is 5.89. The number of para-hydroxylation sites is 1. The van der Waals surface area contributed by atoms with Gasteiger partial charge in [-0.3, -0.25) is 9.59 Å². The van der Waals surface area contributed by atoms with Gasteiger partial charge in [-0.1, -0.05) is 18.2 Å². The maximum Gasteiger partial charge on any atom is 0.315 e. The number of halogens is 2. The monoisotopic (exact) mass is 379 g/mol. The molecule has 3 rings (SSSR count). The number of esters is 1. The molecule has 132 valence electrons. The Morgan fingerprint density at radius 3 is 2.36 bits per heavy atom. The summed E-state index contributed by atoms with van der Waals surface area (Å²) >= 11 is 11.9. The van der Waals surface area contributed by atoms with E-state index < -0.39 is 15.7 Å². The van der Waals surface area contributed by atoms with E-state index in [1.807, 2.05) is 54.8 Å². The molecule has 1 aromatic heterocycles. The van der Waals surface area contributed by atoms with Crippen molar-refractivity contribution < 1.29 is 14.3 Å². The molecule has 0 aliphatic heterocycles.